The topological polar surface area (TPSA) is 9.23 Å². The first-order valence-electron chi connectivity index (χ1n) is 5.80. The molecule has 0 aliphatic heterocycles. The highest BCUT2D eigenvalue weighted by Gasteiger charge is 2.08. The van der Waals surface area contributed by atoms with E-state index in [1.165, 1.54) is 6.07 Å². The lowest BCUT2D eigenvalue weighted by molar-refractivity contribution is 0.322. The molecule has 18 heavy (non-hydrogen) atoms. The summed E-state index contributed by atoms with van der Waals surface area (Å²) < 4.78 is 18.8. The second kappa shape index (κ2) is 5.40. The van der Waals surface area contributed by atoms with Gasteiger partial charge < -0.3 is 4.74 Å². The van der Waals surface area contributed by atoms with E-state index < -0.39 is 0 Å². The lowest BCUT2D eigenvalue weighted by Crippen LogP contribution is -1.95. The molecule has 94 valence electrons. The molecule has 0 amide bonds. The van der Waals surface area contributed by atoms with Gasteiger partial charge in [-0.1, -0.05) is 23.7 Å². The number of hydrogen-bond donors (Lipinski definition) is 0. The highest BCUT2D eigenvalue weighted by molar-refractivity contribution is 6.30. The molecule has 1 nitrogen and oxygen atoms in total. The first-order valence-corrected chi connectivity index (χ1v) is 6.18. The van der Waals surface area contributed by atoms with Gasteiger partial charge in [0.1, 0.15) is 0 Å². The van der Waals surface area contributed by atoms with Crippen LogP contribution in [-0.4, -0.2) is 6.61 Å². The van der Waals surface area contributed by atoms with Crippen molar-refractivity contribution in [2.75, 3.05) is 6.61 Å². The van der Waals surface area contributed by atoms with E-state index >= 15 is 0 Å². The number of hydrogen-bond acceptors (Lipinski definition) is 1. The zero-order valence-corrected chi connectivity index (χ0v) is 11.1. The van der Waals surface area contributed by atoms with E-state index in [0.717, 1.165) is 16.7 Å². The normalized spacial score (nSPS) is 10.4. The SMILES string of the molecule is CCOc1cc(-c2cc(Cl)ccc2C)ccc1F. The van der Waals surface area contributed by atoms with Crippen LogP contribution in [-0.2, 0) is 0 Å². The van der Waals surface area contributed by atoms with Crippen molar-refractivity contribution in [2.24, 2.45) is 0 Å². The lowest BCUT2D eigenvalue weighted by atomic mass is 10.0. The molecule has 3 heteroatoms. The zero-order valence-electron chi connectivity index (χ0n) is 10.3. The van der Waals surface area contributed by atoms with E-state index in [0.29, 0.717) is 11.6 Å². The maximum atomic E-state index is 13.5. The Bertz CT molecular complexity index is 566. The number of ether oxygens (including phenoxy) is 1. The highest BCUT2D eigenvalue weighted by atomic mass is 35.5. The summed E-state index contributed by atoms with van der Waals surface area (Å²) in [5.74, 6) is -0.0744. The van der Waals surface area contributed by atoms with Crippen LogP contribution in [0.2, 0.25) is 5.02 Å². The summed E-state index contributed by atoms with van der Waals surface area (Å²) in [5.41, 5.74) is 2.98. The van der Waals surface area contributed by atoms with E-state index in [1.54, 1.807) is 12.1 Å². The molecule has 2 aromatic rings. The highest BCUT2D eigenvalue weighted by Crippen LogP contribution is 2.30. The molecule has 0 saturated heterocycles. The Morgan fingerprint density at radius 1 is 1.17 bits per heavy atom. The summed E-state index contributed by atoms with van der Waals surface area (Å²) in [5, 5.41) is 0.665. The summed E-state index contributed by atoms with van der Waals surface area (Å²) in [7, 11) is 0. The van der Waals surface area contributed by atoms with Gasteiger partial charge in [0.25, 0.3) is 0 Å². The average molecular weight is 265 g/mol. The van der Waals surface area contributed by atoms with Crippen molar-refractivity contribution in [1.82, 2.24) is 0 Å². The number of halogens is 2. The molecule has 0 aliphatic carbocycles. The minimum atomic E-state index is -0.347. The number of aryl methyl sites for hydroxylation is 1. The third-order valence-electron chi connectivity index (χ3n) is 2.74. The number of benzene rings is 2. The average Bonchev–Trinajstić information content (AvgIpc) is 2.35. The molecule has 0 saturated carbocycles. The van der Waals surface area contributed by atoms with Gasteiger partial charge in [0.15, 0.2) is 11.6 Å². The summed E-state index contributed by atoms with van der Waals surface area (Å²) in [6.07, 6.45) is 0. The molecule has 0 fully saturated rings. The van der Waals surface area contributed by atoms with Crippen LogP contribution in [0.3, 0.4) is 0 Å². The van der Waals surface area contributed by atoms with Gasteiger partial charge in [0.05, 0.1) is 6.61 Å². The summed E-state index contributed by atoms with van der Waals surface area (Å²) >= 11 is 5.99. The third kappa shape index (κ3) is 2.65. The van der Waals surface area contributed by atoms with E-state index in [4.69, 9.17) is 16.3 Å². The van der Waals surface area contributed by atoms with E-state index in [1.807, 2.05) is 32.0 Å². The largest absolute Gasteiger partial charge is 0.491 e. The molecule has 2 rings (SSSR count). The van der Waals surface area contributed by atoms with Crippen LogP contribution in [0.15, 0.2) is 36.4 Å². The molecule has 0 aromatic heterocycles. The monoisotopic (exact) mass is 264 g/mol. The van der Waals surface area contributed by atoms with Crippen LogP contribution >= 0.6 is 11.6 Å². The van der Waals surface area contributed by atoms with Gasteiger partial charge in [0.2, 0.25) is 0 Å². The Hall–Kier alpha value is -1.54. The van der Waals surface area contributed by atoms with Crippen molar-refractivity contribution in [3.63, 3.8) is 0 Å². The van der Waals surface area contributed by atoms with Gasteiger partial charge >= 0.3 is 0 Å². The second-order valence-corrected chi connectivity index (χ2v) is 4.47. The van der Waals surface area contributed by atoms with E-state index in [9.17, 15) is 4.39 Å². The van der Waals surface area contributed by atoms with Crippen LogP contribution in [0.25, 0.3) is 11.1 Å². The van der Waals surface area contributed by atoms with Gasteiger partial charge in [-0.15, -0.1) is 0 Å². The molecule has 0 bridgehead atoms. The maximum Gasteiger partial charge on any atom is 0.165 e. The minimum absolute atomic E-state index is 0.273. The lowest BCUT2D eigenvalue weighted by Gasteiger charge is -2.10. The summed E-state index contributed by atoms with van der Waals surface area (Å²) in [6, 6.07) is 10.5. The van der Waals surface area contributed by atoms with Crippen molar-refractivity contribution < 1.29 is 9.13 Å². The number of rotatable bonds is 3. The van der Waals surface area contributed by atoms with Gasteiger partial charge in [-0.05, 0) is 54.8 Å². The molecule has 0 heterocycles. The van der Waals surface area contributed by atoms with Crippen LogP contribution in [0.5, 0.6) is 5.75 Å². The Labute approximate surface area is 111 Å². The van der Waals surface area contributed by atoms with Gasteiger partial charge in [-0.25, -0.2) is 4.39 Å². The van der Waals surface area contributed by atoms with E-state index in [-0.39, 0.29) is 11.6 Å². The van der Waals surface area contributed by atoms with Crippen molar-refractivity contribution in [1.29, 1.82) is 0 Å². The molecular formula is C15H14ClFO. The Kier molecular flexibility index (Phi) is 3.87. The predicted molar refractivity (Wildman–Crippen MR) is 72.8 cm³/mol. The molecule has 0 spiro atoms. The fourth-order valence-corrected chi connectivity index (χ4v) is 2.01. The van der Waals surface area contributed by atoms with Crippen molar-refractivity contribution in [2.45, 2.75) is 13.8 Å². The van der Waals surface area contributed by atoms with Crippen molar-refractivity contribution >= 4 is 11.6 Å². The minimum Gasteiger partial charge on any atom is -0.491 e. The fraction of sp³-hybridized carbons (Fsp3) is 0.200. The van der Waals surface area contributed by atoms with Gasteiger partial charge in [0, 0.05) is 5.02 Å². The van der Waals surface area contributed by atoms with Crippen molar-refractivity contribution in [3.05, 3.63) is 52.8 Å². The molecule has 0 unspecified atom stereocenters. The molecule has 0 aliphatic rings. The van der Waals surface area contributed by atoms with Crippen LogP contribution in [0.4, 0.5) is 4.39 Å². The van der Waals surface area contributed by atoms with Gasteiger partial charge in [-0.2, -0.15) is 0 Å². The first-order chi connectivity index (χ1) is 8.61. The van der Waals surface area contributed by atoms with Gasteiger partial charge in [-0.3, -0.25) is 0 Å². The zero-order chi connectivity index (χ0) is 13.1. The van der Waals surface area contributed by atoms with Crippen LogP contribution in [0.1, 0.15) is 12.5 Å². The second-order valence-electron chi connectivity index (χ2n) is 4.04. The molecule has 0 radical (unpaired) electrons. The van der Waals surface area contributed by atoms with Crippen LogP contribution < -0.4 is 4.74 Å². The predicted octanol–water partition coefficient (Wildman–Crippen LogP) is 4.85. The fourth-order valence-electron chi connectivity index (χ4n) is 1.84. The Morgan fingerprint density at radius 2 is 1.94 bits per heavy atom. The Morgan fingerprint density at radius 3 is 2.67 bits per heavy atom. The van der Waals surface area contributed by atoms with Crippen molar-refractivity contribution in [3.8, 4) is 16.9 Å². The smallest absolute Gasteiger partial charge is 0.165 e. The first kappa shape index (κ1) is 12.9. The standard InChI is InChI=1S/C15H14ClFO/c1-3-18-15-8-11(5-7-14(15)17)13-9-12(16)6-4-10(13)2/h4-9H,3H2,1-2H3. The summed E-state index contributed by atoms with van der Waals surface area (Å²) in [4.78, 5) is 0. The summed E-state index contributed by atoms with van der Waals surface area (Å²) in [6.45, 7) is 4.26. The Balaban J connectivity index is 2.50. The molecule has 0 N–H and O–H groups in total. The third-order valence-corrected chi connectivity index (χ3v) is 2.98. The molecule has 2 aromatic carbocycles. The molecular weight excluding hydrogens is 251 g/mol. The maximum absolute atomic E-state index is 13.5. The quantitative estimate of drug-likeness (QED) is 0.770. The van der Waals surface area contributed by atoms with E-state index in [2.05, 4.69) is 0 Å². The molecule has 0 atom stereocenters. The van der Waals surface area contributed by atoms with Crippen LogP contribution in [0, 0.1) is 12.7 Å².